The van der Waals surface area contributed by atoms with Crippen molar-refractivity contribution in [1.82, 2.24) is 14.5 Å². The average molecular weight is 526 g/mol. The molecular formula is C24H21BrFN5OS. The maximum atomic E-state index is 13.4. The molecule has 1 fully saturated rings. The third-order valence-corrected chi connectivity index (χ3v) is 7.01. The van der Waals surface area contributed by atoms with Crippen LogP contribution in [0.15, 0.2) is 70.8 Å². The smallest absolute Gasteiger partial charge is 0.274 e. The second-order valence-electron chi connectivity index (χ2n) is 7.87. The van der Waals surface area contributed by atoms with Crippen LogP contribution in [-0.4, -0.2) is 27.0 Å². The predicted octanol–water partition coefficient (Wildman–Crippen LogP) is 5.88. The molecule has 0 radical (unpaired) electrons. The molecule has 4 heterocycles. The standard InChI is InChI=1S/C24H21BrFN5OS/c25-17-5-7-18(8-6-17)31-12-2-3-20(31)19-15-33-24(28-19)29-23(32)21-4-1-11-30(21)14-16-9-10-27-22(26)13-16/h1,4-11,13,15,20H,2-3,12,14H2,(H,28,29,32)/t20-/m1/s1. The largest absolute Gasteiger partial charge is 0.363 e. The Bertz CT molecular complexity index is 1270. The fraction of sp³-hybridized carbons (Fsp3) is 0.208. The lowest BCUT2D eigenvalue weighted by atomic mass is 10.1. The van der Waals surface area contributed by atoms with E-state index in [1.165, 1.54) is 29.3 Å². The zero-order valence-electron chi connectivity index (χ0n) is 17.6. The number of pyridine rings is 1. The van der Waals surface area contributed by atoms with Gasteiger partial charge >= 0.3 is 0 Å². The Hall–Kier alpha value is -3.04. The van der Waals surface area contributed by atoms with Crippen LogP contribution >= 0.6 is 27.3 Å². The molecule has 1 saturated heterocycles. The molecule has 1 amide bonds. The Labute approximate surface area is 203 Å². The van der Waals surface area contributed by atoms with E-state index in [1.807, 2.05) is 17.5 Å². The molecule has 3 aromatic heterocycles. The van der Waals surface area contributed by atoms with Crippen LogP contribution in [0.3, 0.4) is 0 Å². The Morgan fingerprint density at radius 3 is 2.91 bits per heavy atom. The zero-order valence-corrected chi connectivity index (χ0v) is 20.0. The monoisotopic (exact) mass is 525 g/mol. The van der Waals surface area contributed by atoms with E-state index in [-0.39, 0.29) is 11.9 Å². The quantitative estimate of drug-likeness (QED) is 0.319. The Morgan fingerprint density at radius 1 is 1.24 bits per heavy atom. The van der Waals surface area contributed by atoms with Crippen molar-refractivity contribution in [2.24, 2.45) is 0 Å². The number of anilines is 2. The van der Waals surface area contributed by atoms with E-state index < -0.39 is 5.95 Å². The highest BCUT2D eigenvalue weighted by molar-refractivity contribution is 9.10. The molecule has 1 N–H and O–H groups in total. The maximum Gasteiger partial charge on any atom is 0.274 e. The van der Waals surface area contributed by atoms with Crippen LogP contribution in [0.2, 0.25) is 0 Å². The predicted molar refractivity (Wildman–Crippen MR) is 131 cm³/mol. The molecule has 0 aliphatic carbocycles. The van der Waals surface area contributed by atoms with Gasteiger partial charge in [0, 0.05) is 41.0 Å². The molecule has 0 unspecified atom stereocenters. The normalized spacial score (nSPS) is 15.7. The van der Waals surface area contributed by atoms with Crippen LogP contribution in [0.4, 0.5) is 15.2 Å². The fourth-order valence-electron chi connectivity index (χ4n) is 4.17. The van der Waals surface area contributed by atoms with Crippen LogP contribution in [0.25, 0.3) is 0 Å². The van der Waals surface area contributed by atoms with Crippen molar-refractivity contribution in [3.63, 3.8) is 0 Å². The van der Waals surface area contributed by atoms with Gasteiger partial charge in [-0.05, 0) is 66.9 Å². The minimum absolute atomic E-state index is 0.193. The minimum atomic E-state index is -0.537. The molecule has 4 aromatic rings. The van der Waals surface area contributed by atoms with E-state index in [0.717, 1.165) is 35.1 Å². The fourth-order valence-corrected chi connectivity index (χ4v) is 5.19. The summed E-state index contributed by atoms with van der Waals surface area (Å²) in [6.45, 7) is 1.36. The van der Waals surface area contributed by atoms with Crippen molar-refractivity contribution < 1.29 is 9.18 Å². The molecule has 0 saturated carbocycles. The first-order valence-electron chi connectivity index (χ1n) is 10.6. The Kier molecular flexibility index (Phi) is 6.24. The second-order valence-corrected chi connectivity index (χ2v) is 9.64. The second kappa shape index (κ2) is 9.44. The van der Waals surface area contributed by atoms with Crippen molar-refractivity contribution in [3.05, 3.63) is 93.7 Å². The third kappa shape index (κ3) is 4.84. The Morgan fingerprint density at radius 2 is 2.09 bits per heavy atom. The summed E-state index contributed by atoms with van der Waals surface area (Å²) in [5.74, 6) is -0.781. The molecule has 1 aliphatic rings. The molecule has 0 spiro atoms. The van der Waals surface area contributed by atoms with Gasteiger partial charge in [-0.3, -0.25) is 10.1 Å². The highest BCUT2D eigenvalue weighted by Crippen LogP contribution is 2.37. The summed E-state index contributed by atoms with van der Waals surface area (Å²) >= 11 is 4.92. The number of thiazole rings is 1. The molecule has 0 bridgehead atoms. The highest BCUT2D eigenvalue weighted by Gasteiger charge is 2.28. The molecule has 1 aromatic carbocycles. The van der Waals surface area contributed by atoms with Crippen molar-refractivity contribution in [2.75, 3.05) is 16.8 Å². The summed E-state index contributed by atoms with van der Waals surface area (Å²) in [7, 11) is 0. The summed E-state index contributed by atoms with van der Waals surface area (Å²) in [6.07, 6.45) is 5.35. The molecule has 1 atom stereocenters. The first kappa shape index (κ1) is 21.8. The summed E-state index contributed by atoms with van der Waals surface area (Å²) in [5, 5.41) is 5.52. The molecular weight excluding hydrogens is 505 g/mol. The van der Waals surface area contributed by atoms with Crippen LogP contribution < -0.4 is 10.2 Å². The first-order valence-corrected chi connectivity index (χ1v) is 12.3. The molecule has 1 aliphatic heterocycles. The van der Waals surface area contributed by atoms with Gasteiger partial charge in [-0.1, -0.05) is 15.9 Å². The lowest BCUT2D eigenvalue weighted by Gasteiger charge is -2.25. The molecule has 33 heavy (non-hydrogen) atoms. The number of hydrogen-bond acceptors (Lipinski definition) is 5. The number of amides is 1. The van der Waals surface area contributed by atoms with Gasteiger partial charge in [-0.15, -0.1) is 11.3 Å². The van der Waals surface area contributed by atoms with E-state index in [1.54, 1.807) is 29.0 Å². The summed E-state index contributed by atoms with van der Waals surface area (Å²) in [4.78, 5) is 23.6. The van der Waals surface area contributed by atoms with E-state index >= 15 is 0 Å². The SMILES string of the molecule is O=C(Nc1nc([C@H]2CCCN2c2ccc(Br)cc2)cs1)c1cccn1Cc1ccnc(F)c1. The van der Waals surface area contributed by atoms with Gasteiger partial charge in [0.15, 0.2) is 5.13 Å². The average Bonchev–Trinajstić information content (AvgIpc) is 3.55. The summed E-state index contributed by atoms with van der Waals surface area (Å²) in [6, 6.07) is 15.2. The van der Waals surface area contributed by atoms with Gasteiger partial charge in [0.05, 0.1) is 11.7 Å². The molecule has 5 rings (SSSR count). The first-order chi connectivity index (χ1) is 16.1. The van der Waals surface area contributed by atoms with E-state index in [9.17, 15) is 9.18 Å². The number of rotatable bonds is 6. The van der Waals surface area contributed by atoms with E-state index in [0.29, 0.717) is 17.4 Å². The van der Waals surface area contributed by atoms with Gasteiger partial charge in [0.25, 0.3) is 5.91 Å². The highest BCUT2D eigenvalue weighted by atomic mass is 79.9. The number of hydrogen-bond donors (Lipinski definition) is 1. The van der Waals surface area contributed by atoms with Gasteiger partial charge in [0.2, 0.25) is 5.95 Å². The summed E-state index contributed by atoms with van der Waals surface area (Å²) in [5.41, 5.74) is 3.36. The van der Waals surface area contributed by atoms with Crippen LogP contribution in [0, 0.1) is 5.95 Å². The number of benzene rings is 1. The molecule has 6 nitrogen and oxygen atoms in total. The number of halogens is 2. The van der Waals surface area contributed by atoms with Gasteiger partial charge in [0.1, 0.15) is 5.69 Å². The van der Waals surface area contributed by atoms with E-state index in [2.05, 4.69) is 43.3 Å². The van der Waals surface area contributed by atoms with Crippen molar-refractivity contribution in [1.29, 1.82) is 0 Å². The van der Waals surface area contributed by atoms with E-state index in [4.69, 9.17) is 4.98 Å². The number of nitrogens with one attached hydrogen (secondary N) is 1. The third-order valence-electron chi connectivity index (χ3n) is 5.70. The Balaban J connectivity index is 1.29. The zero-order chi connectivity index (χ0) is 22.8. The maximum absolute atomic E-state index is 13.4. The molecule has 168 valence electrons. The number of nitrogens with zero attached hydrogens (tertiary/aromatic N) is 4. The van der Waals surface area contributed by atoms with Crippen LogP contribution in [-0.2, 0) is 6.54 Å². The summed E-state index contributed by atoms with van der Waals surface area (Å²) < 4.78 is 16.3. The van der Waals surface area contributed by atoms with Gasteiger partial charge in [-0.2, -0.15) is 4.39 Å². The van der Waals surface area contributed by atoms with Gasteiger partial charge in [-0.25, -0.2) is 9.97 Å². The lowest BCUT2D eigenvalue weighted by molar-refractivity contribution is 0.101. The van der Waals surface area contributed by atoms with Crippen LogP contribution in [0.5, 0.6) is 0 Å². The van der Waals surface area contributed by atoms with Crippen LogP contribution in [0.1, 0.15) is 40.6 Å². The van der Waals surface area contributed by atoms with Crippen molar-refractivity contribution >= 4 is 44.0 Å². The number of carbonyl (C=O) groups is 1. The number of aromatic nitrogens is 3. The minimum Gasteiger partial charge on any atom is -0.363 e. The molecule has 9 heteroatoms. The van der Waals surface area contributed by atoms with Gasteiger partial charge < -0.3 is 9.47 Å². The van der Waals surface area contributed by atoms with Crippen molar-refractivity contribution in [3.8, 4) is 0 Å². The topological polar surface area (TPSA) is 63.1 Å². The number of carbonyl (C=O) groups excluding carboxylic acids is 1. The lowest BCUT2D eigenvalue weighted by Crippen LogP contribution is -2.22. The van der Waals surface area contributed by atoms with Crippen molar-refractivity contribution in [2.45, 2.75) is 25.4 Å².